The van der Waals surface area contributed by atoms with E-state index in [4.69, 9.17) is 33.7 Å². The van der Waals surface area contributed by atoms with Crippen molar-refractivity contribution in [2.45, 2.75) is 12.6 Å². The molecule has 1 atom stereocenters. The fourth-order valence-corrected chi connectivity index (χ4v) is 3.04. The van der Waals surface area contributed by atoms with Gasteiger partial charge in [0.1, 0.15) is 0 Å². The minimum absolute atomic E-state index is 0.375. The molecule has 20 heavy (non-hydrogen) atoms. The maximum atomic E-state index is 6.32. The predicted octanol–water partition coefficient (Wildman–Crippen LogP) is 3.65. The van der Waals surface area contributed by atoms with Crippen molar-refractivity contribution < 1.29 is 4.74 Å². The normalized spacial score (nSPS) is 12.7. The Morgan fingerprint density at radius 2 is 2.00 bits per heavy atom. The highest BCUT2D eigenvalue weighted by atomic mass is 79.9. The van der Waals surface area contributed by atoms with Crippen LogP contribution in [0.5, 0.6) is 0 Å². The highest BCUT2D eigenvalue weighted by molar-refractivity contribution is 9.10. The zero-order valence-electron chi connectivity index (χ0n) is 10.8. The van der Waals surface area contributed by atoms with Crippen LogP contribution in [0.1, 0.15) is 17.3 Å². The third-order valence-electron chi connectivity index (χ3n) is 2.88. The van der Waals surface area contributed by atoms with E-state index >= 15 is 0 Å². The molecule has 0 saturated heterocycles. The summed E-state index contributed by atoms with van der Waals surface area (Å²) in [7, 11) is 1.65. The summed E-state index contributed by atoms with van der Waals surface area (Å²) in [6.45, 7) is 1.18. The molecule has 0 bridgehead atoms. The largest absolute Gasteiger partial charge is 0.383 e. The van der Waals surface area contributed by atoms with E-state index in [2.05, 4.69) is 21.0 Å². The van der Waals surface area contributed by atoms with Gasteiger partial charge in [-0.2, -0.15) is 5.10 Å². The van der Waals surface area contributed by atoms with E-state index < -0.39 is 0 Å². The Balaban J connectivity index is 2.36. The smallest absolute Gasteiger partial charge is 0.0739 e. The first-order chi connectivity index (χ1) is 9.52. The van der Waals surface area contributed by atoms with Crippen LogP contribution in [0.4, 0.5) is 0 Å². The maximum absolute atomic E-state index is 6.32. The average molecular weight is 379 g/mol. The topological polar surface area (TPSA) is 53.1 Å². The number of rotatable bonds is 5. The summed E-state index contributed by atoms with van der Waals surface area (Å²) in [5.41, 5.74) is 8.02. The molecular weight excluding hydrogens is 365 g/mol. The van der Waals surface area contributed by atoms with Gasteiger partial charge in [-0.1, -0.05) is 23.2 Å². The molecule has 0 spiro atoms. The fourth-order valence-electron chi connectivity index (χ4n) is 1.95. The molecule has 1 heterocycles. The first-order valence-corrected chi connectivity index (χ1v) is 7.49. The van der Waals surface area contributed by atoms with Crippen LogP contribution in [0.3, 0.4) is 0 Å². The molecule has 0 radical (unpaired) electrons. The van der Waals surface area contributed by atoms with Crippen molar-refractivity contribution >= 4 is 39.1 Å². The second-order valence-corrected chi connectivity index (χ2v) is 6.00. The standard InChI is InChI=1S/C13H14BrCl2N3O/c1-20-3-2-19-13(11(14)7-18-19)12(17)8-4-9(15)6-10(16)5-8/h4-7,12H,2-3,17H2,1H3. The Morgan fingerprint density at radius 3 is 2.60 bits per heavy atom. The zero-order valence-corrected chi connectivity index (χ0v) is 13.9. The minimum atomic E-state index is -0.375. The summed E-state index contributed by atoms with van der Waals surface area (Å²) in [6.07, 6.45) is 1.72. The van der Waals surface area contributed by atoms with Crippen LogP contribution in [-0.2, 0) is 11.3 Å². The molecule has 2 N–H and O–H groups in total. The van der Waals surface area contributed by atoms with Crippen molar-refractivity contribution in [2.75, 3.05) is 13.7 Å². The number of aromatic nitrogens is 2. The summed E-state index contributed by atoms with van der Waals surface area (Å²) < 4.78 is 7.73. The van der Waals surface area contributed by atoms with Crippen LogP contribution >= 0.6 is 39.1 Å². The van der Waals surface area contributed by atoms with Gasteiger partial charge in [0, 0.05) is 17.2 Å². The summed E-state index contributed by atoms with van der Waals surface area (Å²) in [6, 6.07) is 4.91. The van der Waals surface area contributed by atoms with Crippen LogP contribution in [0, 0.1) is 0 Å². The van der Waals surface area contributed by atoms with E-state index in [0.717, 1.165) is 15.7 Å². The van der Waals surface area contributed by atoms with Gasteiger partial charge >= 0.3 is 0 Å². The van der Waals surface area contributed by atoms with Gasteiger partial charge < -0.3 is 10.5 Å². The van der Waals surface area contributed by atoms with E-state index in [1.54, 1.807) is 31.5 Å². The average Bonchev–Trinajstić information content (AvgIpc) is 2.75. The lowest BCUT2D eigenvalue weighted by molar-refractivity contribution is 0.182. The number of nitrogens with zero attached hydrogens (tertiary/aromatic N) is 2. The molecule has 1 unspecified atom stereocenters. The Hall–Kier alpha value is -0.590. The Morgan fingerprint density at radius 1 is 1.35 bits per heavy atom. The van der Waals surface area contributed by atoms with Crippen LogP contribution in [0.2, 0.25) is 10.0 Å². The van der Waals surface area contributed by atoms with E-state index in [-0.39, 0.29) is 6.04 Å². The second-order valence-electron chi connectivity index (χ2n) is 4.27. The van der Waals surface area contributed by atoms with Gasteiger partial charge in [-0.15, -0.1) is 0 Å². The number of methoxy groups -OCH3 is 1. The lowest BCUT2D eigenvalue weighted by Gasteiger charge is -2.16. The van der Waals surface area contributed by atoms with Crippen LogP contribution in [0.25, 0.3) is 0 Å². The summed E-state index contributed by atoms with van der Waals surface area (Å²) in [4.78, 5) is 0. The highest BCUT2D eigenvalue weighted by Gasteiger charge is 2.19. The van der Waals surface area contributed by atoms with Gasteiger partial charge in [-0.25, -0.2) is 0 Å². The van der Waals surface area contributed by atoms with E-state index in [0.29, 0.717) is 23.2 Å². The molecule has 2 rings (SSSR count). The number of ether oxygens (including phenoxy) is 1. The van der Waals surface area contributed by atoms with Gasteiger partial charge in [0.05, 0.1) is 35.6 Å². The first-order valence-electron chi connectivity index (χ1n) is 5.94. The quantitative estimate of drug-likeness (QED) is 0.863. The van der Waals surface area contributed by atoms with Crippen molar-refractivity contribution in [3.05, 3.63) is 50.2 Å². The molecule has 1 aromatic heterocycles. The zero-order chi connectivity index (χ0) is 14.7. The molecule has 7 heteroatoms. The monoisotopic (exact) mass is 377 g/mol. The highest BCUT2D eigenvalue weighted by Crippen LogP contribution is 2.30. The lowest BCUT2D eigenvalue weighted by Crippen LogP contribution is -2.19. The fraction of sp³-hybridized carbons (Fsp3) is 0.308. The minimum Gasteiger partial charge on any atom is -0.383 e. The van der Waals surface area contributed by atoms with Crippen molar-refractivity contribution in [3.63, 3.8) is 0 Å². The molecule has 4 nitrogen and oxygen atoms in total. The van der Waals surface area contributed by atoms with E-state index in [1.165, 1.54) is 0 Å². The Labute approximate surface area is 135 Å². The van der Waals surface area contributed by atoms with Crippen LogP contribution < -0.4 is 5.73 Å². The number of benzene rings is 1. The van der Waals surface area contributed by atoms with Gasteiger partial charge in [0.25, 0.3) is 0 Å². The summed E-state index contributed by atoms with van der Waals surface area (Å²) in [5.74, 6) is 0. The summed E-state index contributed by atoms with van der Waals surface area (Å²) >= 11 is 15.5. The van der Waals surface area contributed by atoms with Crippen molar-refractivity contribution in [1.82, 2.24) is 9.78 Å². The van der Waals surface area contributed by atoms with Crippen molar-refractivity contribution in [3.8, 4) is 0 Å². The Bertz CT molecular complexity index is 583. The molecule has 0 amide bonds. The molecule has 0 aliphatic heterocycles. The van der Waals surface area contributed by atoms with Gasteiger partial charge in [-0.3, -0.25) is 4.68 Å². The molecule has 0 aliphatic carbocycles. The number of hydrogen-bond acceptors (Lipinski definition) is 3. The third-order valence-corrected chi connectivity index (χ3v) is 3.93. The second kappa shape index (κ2) is 6.91. The van der Waals surface area contributed by atoms with Gasteiger partial charge in [-0.05, 0) is 39.7 Å². The molecule has 1 aromatic carbocycles. The molecule has 2 aromatic rings. The third kappa shape index (κ3) is 3.54. The first kappa shape index (κ1) is 15.8. The molecule has 108 valence electrons. The van der Waals surface area contributed by atoms with E-state index in [1.807, 2.05) is 4.68 Å². The number of hydrogen-bond donors (Lipinski definition) is 1. The van der Waals surface area contributed by atoms with Crippen molar-refractivity contribution in [2.24, 2.45) is 5.73 Å². The van der Waals surface area contributed by atoms with Gasteiger partial charge in [0.15, 0.2) is 0 Å². The van der Waals surface area contributed by atoms with Crippen LogP contribution in [0.15, 0.2) is 28.9 Å². The van der Waals surface area contributed by atoms with Crippen LogP contribution in [-0.4, -0.2) is 23.5 Å². The van der Waals surface area contributed by atoms with E-state index in [9.17, 15) is 0 Å². The number of halogens is 3. The molecule has 0 saturated carbocycles. The number of nitrogens with two attached hydrogens (primary N) is 1. The van der Waals surface area contributed by atoms with Crippen molar-refractivity contribution in [1.29, 1.82) is 0 Å². The molecular formula is C13H14BrCl2N3O. The lowest BCUT2D eigenvalue weighted by atomic mass is 10.0. The summed E-state index contributed by atoms with van der Waals surface area (Å²) in [5, 5.41) is 5.40. The predicted molar refractivity (Wildman–Crippen MR) is 84.3 cm³/mol. The SMILES string of the molecule is COCCn1ncc(Br)c1C(N)c1cc(Cl)cc(Cl)c1. The molecule has 0 aliphatic rings. The maximum Gasteiger partial charge on any atom is 0.0739 e. The molecule has 0 fully saturated rings. The Kier molecular flexibility index (Phi) is 5.46. The van der Waals surface area contributed by atoms with Gasteiger partial charge in [0.2, 0.25) is 0 Å².